The van der Waals surface area contributed by atoms with Crippen molar-refractivity contribution in [1.29, 1.82) is 0 Å². The van der Waals surface area contributed by atoms with Gasteiger partial charge in [-0.3, -0.25) is 4.79 Å². The van der Waals surface area contributed by atoms with Crippen LogP contribution < -0.4 is 15.5 Å². The van der Waals surface area contributed by atoms with Crippen LogP contribution in [0.15, 0.2) is 54.6 Å². The Balaban J connectivity index is 1.35. The van der Waals surface area contributed by atoms with Crippen molar-refractivity contribution >= 4 is 17.6 Å². The van der Waals surface area contributed by atoms with Crippen molar-refractivity contribution in [3.63, 3.8) is 0 Å². The van der Waals surface area contributed by atoms with Gasteiger partial charge in [0, 0.05) is 31.7 Å². The minimum absolute atomic E-state index is 0.156. The number of nitrogens with zero attached hydrogens (tertiary/aromatic N) is 1. The van der Waals surface area contributed by atoms with Crippen LogP contribution in [0.2, 0.25) is 0 Å². The molecule has 1 aliphatic rings. The number of urea groups is 1. The highest BCUT2D eigenvalue weighted by Gasteiger charge is 2.21. The van der Waals surface area contributed by atoms with Crippen LogP contribution in [0.5, 0.6) is 0 Å². The summed E-state index contributed by atoms with van der Waals surface area (Å²) in [7, 11) is 0. The molecular weight excluding hydrogens is 326 g/mol. The third-order valence-electron chi connectivity index (χ3n) is 4.55. The number of benzene rings is 2. The summed E-state index contributed by atoms with van der Waals surface area (Å²) < 4.78 is 0. The molecule has 0 radical (unpaired) electrons. The molecule has 0 saturated carbocycles. The summed E-state index contributed by atoms with van der Waals surface area (Å²) in [5.74, 6) is 0.186. The first-order chi connectivity index (χ1) is 12.7. The zero-order valence-electron chi connectivity index (χ0n) is 14.9. The molecule has 26 heavy (non-hydrogen) atoms. The second-order valence-electron chi connectivity index (χ2n) is 6.51. The highest BCUT2D eigenvalue weighted by molar-refractivity contribution is 5.95. The average Bonchev–Trinajstić information content (AvgIpc) is 3.11. The molecule has 136 valence electrons. The lowest BCUT2D eigenvalue weighted by Crippen LogP contribution is -2.35. The Kier molecular flexibility index (Phi) is 6.25. The first-order valence-corrected chi connectivity index (χ1v) is 9.17. The Morgan fingerprint density at radius 2 is 1.73 bits per heavy atom. The SMILES string of the molecule is O=C(NCCCc1ccccc1)NCc1ccc(N2CCCC2=O)cc1. The van der Waals surface area contributed by atoms with E-state index in [1.54, 1.807) is 0 Å². The lowest BCUT2D eigenvalue weighted by Gasteiger charge is -2.16. The fraction of sp³-hybridized carbons (Fsp3) is 0.333. The molecule has 1 aliphatic heterocycles. The Morgan fingerprint density at radius 3 is 2.42 bits per heavy atom. The van der Waals surface area contributed by atoms with Crippen LogP contribution in [-0.2, 0) is 17.8 Å². The standard InChI is InChI=1S/C21H25N3O2/c25-20-9-5-15-24(20)19-12-10-18(11-13-19)16-23-21(26)22-14-4-8-17-6-2-1-3-7-17/h1-3,6-7,10-13H,4-5,8-9,14-16H2,(H2,22,23,26). The molecule has 0 aliphatic carbocycles. The van der Waals surface area contributed by atoms with Crippen molar-refractivity contribution < 1.29 is 9.59 Å². The summed E-state index contributed by atoms with van der Waals surface area (Å²) in [4.78, 5) is 25.4. The number of aryl methyl sites for hydroxylation is 1. The number of anilines is 1. The van der Waals surface area contributed by atoms with Crippen LogP contribution in [0.4, 0.5) is 10.5 Å². The van der Waals surface area contributed by atoms with Gasteiger partial charge in [0.05, 0.1) is 0 Å². The molecule has 1 fully saturated rings. The Labute approximate surface area is 154 Å². The van der Waals surface area contributed by atoms with Gasteiger partial charge in [-0.05, 0) is 42.5 Å². The molecule has 0 unspecified atom stereocenters. The quantitative estimate of drug-likeness (QED) is 0.752. The predicted octanol–water partition coefficient (Wildman–Crippen LogP) is 3.25. The lowest BCUT2D eigenvalue weighted by atomic mass is 10.1. The number of rotatable bonds is 7. The number of nitrogens with one attached hydrogen (secondary N) is 2. The topological polar surface area (TPSA) is 61.4 Å². The van der Waals surface area contributed by atoms with Crippen molar-refractivity contribution in [2.24, 2.45) is 0 Å². The van der Waals surface area contributed by atoms with Gasteiger partial charge in [0.1, 0.15) is 0 Å². The molecule has 0 aromatic heterocycles. The number of hydrogen-bond acceptors (Lipinski definition) is 2. The van der Waals surface area contributed by atoms with Crippen LogP contribution in [0, 0.1) is 0 Å². The van der Waals surface area contributed by atoms with E-state index in [4.69, 9.17) is 0 Å². The van der Waals surface area contributed by atoms with E-state index in [1.807, 2.05) is 47.4 Å². The van der Waals surface area contributed by atoms with Crippen molar-refractivity contribution in [3.05, 3.63) is 65.7 Å². The minimum Gasteiger partial charge on any atom is -0.338 e. The normalized spacial score (nSPS) is 13.7. The van der Waals surface area contributed by atoms with Crippen molar-refractivity contribution in [2.45, 2.75) is 32.2 Å². The van der Waals surface area contributed by atoms with Crippen molar-refractivity contribution in [1.82, 2.24) is 10.6 Å². The van der Waals surface area contributed by atoms with Gasteiger partial charge >= 0.3 is 6.03 Å². The van der Waals surface area contributed by atoms with E-state index in [2.05, 4.69) is 22.8 Å². The second kappa shape index (κ2) is 9.04. The van der Waals surface area contributed by atoms with Gasteiger partial charge in [0.2, 0.25) is 5.91 Å². The zero-order valence-corrected chi connectivity index (χ0v) is 14.9. The summed E-state index contributed by atoms with van der Waals surface area (Å²) in [5, 5.41) is 5.75. The zero-order chi connectivity index (χ0) is 18.2. The van der Waals surface area contributed by atoms with Crippen LogP contribution in [0.25, 0.3) is 0 Å². The van der Waals surface area contributed by atoms with E-state index in [-0.39, 0.29) is 11.9 Å². The third kappa shape index (κ3) is 5.09. The molecule has 0 spiro atoms. The van der Waals surface area contributed by atoms with Gasteiger partial charge in [-0.1, -0.05) is 42.5 Å². The Hall–Kier alpha value is -2.82. The van der Waals surface area contributed by atoms with Gasteiger partial charge in [0.15, 0.2) is 0 Å². The maximum Gasteiger partial charge on any atom is 0.315 e. The highest BCUT2D eigenvalue weighted by atomic mass is 16.2. The van der Waals surface area contributed by atoms with E-state index in [0.29, 0.717) is 19.5 Å². The van der Waals surface area contributed by atoms with E-state index in [0.717, 1.165) is 37.1 Å². The Morgan fingerprint density at radius 1 is 0.962 bits per heavy atom. The van der Waals surface area contributed by atoms with Crippen molar-refractivity contribution in [2.75, 3.05) is 18.0 Å². The predicted molar refractivity (Wildman–Crippen MR) is 103 cm³/mol. The molecule has 3 amide bonds. The molecule has 1 saturated heterocycles. The van der Waals surface area contributed by atoms with Gasteiger partial charge in [-0.15, -0.1) is 0 Å². The minimum atomic E-state index is -0.156. The van der Waals surface area contributed by atoms with Crippen LogP contribution >= 0.6 is 0 Å². The van der Waals surface area contributed by atoms with E-state index >= 15 is 0 Å². The molecule has 0 atom stereocenters. The molecule has 1 heterocycles. The lowest BCUT2D eigenvalue weighted by molar-refractivity contribution is -0.117. The van der Waals surface area contributed by atoms with E-state index in [1.165, 1.54) is 5.56 Å². The molecular formula is C21H25N3O2. The van der Waals surface area contributed by atoms with E-state index in [9.17, 15) is 9.59 Å². The highest BCUT2D eigenvalue weighted by Crippen LogP contribution is 2.21. The summed E-state index contributed by atoms with van der Waals surface area (Å²) in [6.45, 7) is 1.91. The largest absolute Gasteiger partial charge is 0.338 e. The van der Waals surface area contributed by atoms with Gasteiger partial charge in [-0.25, -0.2) is 4.79 Å². The number of hydrogen-bond donors (Lipinski definition) is 2. The molecule has 0 bridgehead atoms. The number of carbonyl (C=O) groups is 2. The fourth-order valence-electron chi connectivity index (χ4n) is 3.10. The molecule has 5 nitrogen and oxygen atoms in total. The van der Waals surface area contributed by atoms with Crippen LogP contribution in [-0.4, -0.2) is 25.0 Å². The Bertz CT molecular complexity index is 729. The fourth-order valence-corrected chi connectivity index (χ4v) is 3.10. The van der Waals surface area contributed by atoms with Crippen LogP contribution in [0.1, 0.15) is 30.4 Å². The third-order valence-corrected chi connectivity index (χ3v) is 4.55. The van der Waals surface area contributed by atoms with E-state index < -0.39 is 0 Å². The summed E-state index contributed by atoms with van der Waals surface area (Å²) in [6, 6.07) is 17.9. The van der Waals surface area contributed by atoms with Gasteiger partial charge < -0.3 is 15.5 Å². The smallest absolute Gasteiger partial charge is 0.315 e. The molecule has 2 aromatic carbocycles. The summed E-state index contributed by atoms with van der Waals surface area (Å²) in [6.07, 6.45) is 3.42. The molecule has 2 N–H and O–H groups in total. The van der Waals surface area contributed by atoms with Gasteiger partial charge in [0.25, 0.3) is 0 Å². The summed E-state index contributed by atoms with van der Waals surface area (Å²) >= 11 is 0. The van der Waals surface area contributed by atoms with Crippen LogP contribution in [0.3, 0.4) is 0 Å². The first-order valence-electron chi connectivity index (χ1n) is 9.17. The number of carbonyl (C=O) groups excluding carboxylic acids is 2. The molecule has 5 heteroatoms. The average molecular weight is 351 g/mol. The monoisotopic (exact) mass is 351 g/mol. The molecule has 3 rings (SSSR count). The van der Waals surface area contributed by atoms with Crippen molar-refractivity contribution in [3.8, 4) is 0 Å². The maximum atomic E-state index is 11.9. The maximum absolute atomic E-state index is 11.9. The number of amides is 3. The van der Waals surface area contributed by atoms with Gasteiger partial charge in [-0.2, -0.15) is 0 Å². The summed E-state index contributed by atoms with van der Waals surface area (Å²) in [5.41, 5.74) is 3.23. The molecule has 2 aromatic rings. The second-order valence-corrected chi connectivity index (χ2v) is 6.51. The first kappa shape index (κ1) is 18.0.